The van der Waals surface area contributed by atoms with Gasteiger partial charge in [0.2, 0.25) is 5.91 Å². The van der Waals surface area contributed by atoms with Crippen LogP contribution in [-0.2, 0) is 4.79 Å². The maximum absolute atomic E-state index is 12.3. The first-order valence-electron chi connectivity index (χ1n) is 9.23. The fourth-order valence-electron chi connectivity index (χ4n) is 3.55. The largest absolute Gasteiger partial charge is 0.352 e. The first-order chi connectivity index (χ1) is 13.2. The Morgan fingerprint density at radius 1 is 1.07 bits per heavy atom. The summed E-state index contributed by atoms with van der Waals surface area (Å²) in [6.45, 7) is 3.18. The summed E-state index contributed by atoms with van der Waals surface area (Å²) in [6.07, 6.45) is 3.76. The molecule has 1 saturated carbocycles. The van der Waals surface area contributed by atoms with Crippen molar-refractivity contribution in [2.24, 2.45) is 5.92 Å². The first kappa shape index (κ1) is 17.0. The van der Waals surface area contributed by atoms with Crippen LogP contribution in [-0.4, -0.2) is 47.0 Å². The lowest BCUT2D eigenvalue weighted by molar-refractivity contribution is -0.132. The number of nitrogens with zero attached hydrogens (tertiary/aromatic N) is 4. The average Bonchev–Trinajstić information content (AvgIpc) is 3.46. The van der Waals surface area contributed by atoms with Crippen LogP contribution in [0.25, 0.3) is 20.7 Å². The van der Waals surface area contributed by atoms with Crippen LogP contribution in [0.3, 0.4) is 0 Å². The van der Waals surface area contributed by atoms with Crippen LogP contribution in [0.2, 0.25) is 5.02 Å². The van der Waals surface area contributed by atoms with E-state index >= 15 is 0 Å². The molecule has 0 N–H and O–H groups in total. The summed E-state index contributed by atoms with van der Waals surface area (Å²) in [4.78, 5) is 26.8. The van der Waals surface area contributed by atoms with Crippen LogP contribution < -0.4 is 4.90 Å². The zero-order valence-electron chi connectivity index (χ0n) is 14.8. The van der Waals surface area contributed by atoms with Gasteiger partial charge in [0.25, 0.3) is 0 Å². The minimum Gasteiger partial charge on any atom is -0.352 e. The van der Waals surface area contributed by atoms with Gasteiger partial charge in [-0.25, -0.2) is 9.97 Å². The van der Waals surface area contributed by atoms with Gasteiger partial charge in [-0.05, 0) is 36.6 Å². The molecule has 0 radical (unpaired) electrons. The molecule has 0 atom stereocenters. The lowest BCUT2D eigenvalue weighted by Crippen LogP contribution is -2.49. The number of benzene rings is 1. The first-order valence-corrected chi connectivity index (χ1v) is 10.4. The highest BCUT2D eigenvalue weighted by atomic mass is 35.5. The summed E-state index contributed by atoms with van der Waals surface area (Å²) in [5, 5.41) is 0.735. The lowest BCUT2D eigenvalue weighted by atomic mass is 10.2. The monoisotopic (exact) mass is 398 g/mol. The van der Waals surface area contributed by atoms with Gasteiger partial charge >= 0.3 is 0 Å². The molecule has 0 spiro atoms. The van der Waals surface area contributed by atoms with Crippen molar-refractivity contribution in [3.05, 3.63) is 41.7 Å². The molecule has 1 amide bonds. The van der Waals surface area contributed by atoms with Crippen molar-refractivity contribution < 1.29 is 4.79 Å². The standard InChI is InChI=1S/C20H19ClN4OS/c21-15-5-3-13(4-6-15)17-11-16-18(27-17)19(23-12-22-16)24-7-9-25(10-8-24)20(26)14-1-2-14/h3-6,11-12,14H,1-2,7-10H2. The summed E-state index contributed by atoms with van der Waals surface area (Å²) in [5.41, 5.74) is 2.10. The highest BCUT2D eigenvalue weighted by Gasteiger charge is 2.35. The Bertz CT molecular complexity index is 991. The van der Waals surface area contributed by atoms with Crippen LogP contribution in [0.15, 0.2) is 36.7 Å². The van der Waals surface area contributed by atoms with E-state index in [1.54, 1.807) is 17.7 Å². The van der Waals surface area contributed by atoms with Crippen molar-refractivity contribution in [3.8, 4) is 10.4 Å². The molecular formula is C20H19ClN4OS. The predicted molar refractivity (Wildman–Crippen MR) is 109 cm³/mol. The van der Waals surface area contributed by atoms with Gasteiger partial charge in [-0.3, -0.25) is 4.79 Å². The molecular weight excluding hydrogens is 380 g/mol. The van der Waals surface area contributed by atoms with E-state index in [9.17, 15) is 4.79 Å². The van der Waals surface area contributed by atoms with E-state index in [4.69, 9.17) is 11.6 Å². The topological polar surface area (TPSA) is 49.3 Å². The summed E-state index contributed by atoms with van der Waals surface area (Å²) in [6, 6.07) is 9.99. The molecule has 2 aromatic heterocycles. The highest BCUT2D eigenvalue weighted by Crippen LogP contribution is 2.37. The average molecular weight is 399 g/mol. The smallest absolute Gasteiger partial charge is 0.225 e. The number of rotatable bonds is 3. The van der Waals surface area contributed by atoms with Crippen molar-refractivity contribution in [1.82, 2.24) is 14.9 Å². The molecule has 0 unspecified atom stereocenters. The van der Waals surface area contributed by atoms with Crippen molar-refractivity contribution in [3.63, 3.8) is 0 Å². The van der Waals surface area contributed by atoms with Crippen LogP contribution in [0.1, 0.15) is 12.8 Å². The van der Waals surface area contributed by atoms with Crippen LogP contribution in [0.5, 0.6) is 0 Å². The fraction of sp³-hybridized carbons (Fsp3) is 0.350. The van der Waals surface area contributed by atoms with Crippen LogP contribution >= 0.6 is 22.9 Å². The van der Waals surface area contributed by atoms with Crippen LogP contribution in [0.4, 0.5) is 5.82 Å². The van der Waals surface area contributed by atoms with E-state index in [1.165, 1.54) is 0 Å². The van der Waals surface area contributed by atoms with Gasteiger partial charge in [0.15, 0.2) is 0 Å². The quantitative estimate of drug-likeness (QED) is 0.667. The molecule has 0 bridgehead atoms. The summed E-state index contributed by atoms with van der Waals surface area (Å²) >= 11 is 7.72. The minimum absolute atomic E-state index is 0.293. The Hall–Kier alpha value is -2.18. The van der Waals surface area contributed by atoms with Gasteiger partial charge in [-0.1, -0.05) is 23.7 Å². The third kappa shape index (κ3) is 3.28. The maximum atomic E-state index is 12.3. The van der Waals surface area contributed by atoms with Gasteiger partial charge < -0.3 is 9.80 Å². The summed E-state index contributed by atoms with van der Waals surface area (Å²) in [5.74, 6) is 1.61. The zero-order chi connectivity index (χ0) is 18.4. The number of halogens is 1. The highest BCUT2D eigenvalue weighted by molar-refractivity contribution is 7.22. The van der Waals surface area contributed by atoms with Crippen LogP contribution in [0, 0.1) is 5.92 Å². The molecule has 3 aromatic rings. The molecule has 5 nitrogen and oxygen atoms in total. The van der Waals surface area contributed by atoms with Gasteiger partial charge in [0, 0.05) is 42.0 Å². The van der Waals surface area contributed by atoms with E-state index < -0.39 is 0 Å². The second kappa shape index (κ2) is 6.77. The molecule has 1 aromatic carbocycles. The van der Waals surface area contributed by atoms with Crippen molar-refractivity contribution in [1.29, 1.82) is 0 Å². The van der Waals surface area contributed by atoms with Gasteiger partial charge in [0.1, 0.15) is 12.1 Å². The Labute approximate surface area is 166 Å². The number of hydrogen-bond acceptors (Lipinski definition) is 5. The molecule has 2 fully saturated rings. The lowest BCUT2D eigenvalue weighted by Gasteiger charge is -2.35. The number of carbonyl (C=O) groups is 1. The van der Waals surface area contributed by atoms with Crippen molar-refractivity contribution >= 4 is 44.9 Å². The number of thiophene rings is 1. The number of carbonyl (C=O) groups excluding carboxylic acids is 1. The third-order valence-corrected chi connectivity index (χ3v) is 6.66. The van der Waals surface area contributed by atoms with Gasteiger partial charge in [-0.2, -0.15) is 0 Å². The van der Waals surface area contributed by atoms with E-state index in [0.29, 0.717) is 11.8 Å². The summed E-state index contributed by atoms with van der Waals surface area (Å²) in [7, 11) is 0. The van der Waals surface area contributed by atoms with Crippen molar-refractivity contribution in [2.45, 2.75) is 12.8 Å². The number of fused-ring (bicyclic) bond motifs is 1. The molecule has 1 aliphatic heterocycles. The molecule has 7 heteroatoms. The zero-order valence-corrected chi connectivity index (χ0v) is 16.3. The van der Waals surface area contributed by atoms with Gasteiger partial charge in [-0.15, -0.1) is 11.3 Å². The fourth-order valence-corrected chi connectivity index (χ4v) is 4.81. The third-order valence-electron chi connectivity index (χ3n) is 5.24. The Morgan fingerprint density at radius 2 is 1.81 bits per heavy atom. The minimum atomic E-state index is 0.293. The second-order valence-corrected chi connectivity index (χ2v) is 8.60. The SMILES string of the molecule is O=C(C1CC1)N1CCN(c2ncnc3cc(-c4ccc(Cl)cc4)sc23)CC1. The number of hydrogen-bond donors (Lipinski definition) is 0. The Morgan fingerprint density at radius 3 is 2.52 bits per heavy atom. The number of piperazine rings is 1. The molecule has 27 heavy (non-hydrogen) atoms. The Balaban J connectivity index is 1.40. The van der Waals surface area contributed by atoms with E-state index in [2.05, 4.69) is 20.9 Å². The van der Waals surface area contributed by atoms with Crippen molar-refractivity contribution in [2.75, 3.05) is 31.1 Å². The molecule has 138 valence electrons. The predicted octanol–water partition coefficient (Wildman–Crippen LogP) is 4.07. The maximum Gasteiger partial charge on any atom is 0.225 e. The van der Waals surface area contributed by atoms with E-state index in [-0.39, 0.29) is 0 Å². The molecule has 1 aliphatic carbocycles. The Kier molecular flexibility index (Phi) is 4.25. The number of aromatic nitrogens is 2. The van der Waals surface area contributed by atoms with E-state index in [1.807, 2.05) is 29.2 Å². The number of anilines is 1. The molecule has 3 heterocycles. The van der Waals surface area contributed by atoms with E-state index in [0.717, 1.165) is 70.5 Å². The number of amides is 1. The molecule has 2 aliphatic rings. The molecule has 5 rings (SSSR count). The second-order valence-electron chi connectivity index (χ2n) is 7.12. The van der Waals surface area contributed by atoms with Gasteiger partial charge in [0.05, 0.1) is 10.2 Å². The normalized spacial score (nSPS) is 17.5. The molecule has 1 saturated heterocycles. The summed E-state index contributed by atoms with van der Waals surface area (Å²) < 4.78 is 1.10.